The van der Waals surface area contributed by atoms with Crippen LogP contribution in [0.5, 0.6) is 0 Å². The minimum atomic E-state index is -0.0969. The average Bonchev–Trinajstić information content (AvgIpc) is 2.94. The maximum Gasteiger partial charge on any atom is 0.165 e. The number of fused-ring (bicyclic) bond motifs is 1. The number of ether oxygens (including phenoxy) is 1. The first-order chi connectivity index (χ1) is 8.29. The zero-order valence-electron chi connectivity index (χ0n) is 9.50. The van der Waals surface area contributed by atoms with Crippen molar-refractivity contribution < 1.29 is 4.74 Å². The molecule has 0 saturated carbocycles. The zero-order valence-corrected chi connectivity index (χ0v) is 9.50. The number of imidazole rings is 1. The van der Waals surface area contributed by atoms with Crippen LogP contribution in [0.4, 0.5) is 0 Å². The molecular formula is C12H12N4O. The van der Waals surface area contributed by atoms with E-state index in [-0.39, 0.29) is 12.3 Å². The molecule has 1 aliphatic heterocycles. The van der Waals surface area contributed by atoms with Crippen LogP contribution in [-0.2, 0) is 4.74 Å². The normalized spacial score (nSPS) is 24.0. The second-order valence-electron chi connectivity index (χ2n) is 4.11. The van der Waals surface area contributed by atoms with Crippen molar-refractivity contribution in [2.75, 3.05) is 0 Å². The largest absolute Gasteiger partial charge is 0.342 e. The van der Waals surface area contributed by atoms with Gasteiger partial charge in [-0.1, -0.05) is 5.92 Å². The lowest BCUT2D eigenvalue weighted by atomic mass is 10.2. The molecule has 3 heterocycles. The molecule has 0 spiro atoms. The molecule has 0 amide bonds. The number of hydrogen-bond donors (Lipinski definition) is 0. The summed E-state index contributed by atoms with van der Waals surface area (Å²) >= 11 is 0. The number of aryl methyl sites for hydroxylation is 1. The van der Waals surface area contributed by atoms with Crippen LogP contribution in [-0.4, -0.2) is 25.6 Å². The number of aromatic nitrogens is 4. The van der Waals surface area contributed by atoms with Gasteiger partial charge in [-0.2, -0.15) is 0 Å². The molecule has 2 unspecified atom stereocenters. The average molecular weight is 228 g/mol. The van der Waals surface area contributed by atoms with Gasteiger partial charge in [-0.05, 0) is 19.8 Å². The molecule has 1 aliphatic rings. The van der Waals surface area contributed by atoms with Gasteiger partial charge in [-0.25, -0.2) is 15.0 Å². The third-order valence-electron chi connectivity index (χ3n) is 3.04. The molecule has 17 heavy (non-hydrogen) atoms. The number of nitrogens with zero attached hydrogens (tertiary/aromatic N) is 4. The zero-order chi connectivity index (χ0) is 11.8. The summed E-state index contributed by atoms with van der Waals surface area (Å²) in [5.41, 5.74) is 2.50. The Morgan fingerprint density at radius 2 is 2.29 bits per heavy atom. The molecule has 0 aromatic carbocycles. The van der Waals surface area contributed by atoms with Crippen molar-refractivity contribution in [1.82, 2.24) is 19.5 Å². The van der Waals surface area contributed by atoms with Gasteiger partial charge in [0, 0.05) is 0 Å². The van der Waals surface area contributed by atoms with Crippen LogP contribution in [0.2, 0.25) is 0 Å². The highest BCUT2D eigenvalue weighted by molar-refractivity contribution is 5.72. The van der Waals surface area contributed by atoms with E-state index in [0.29, 0.717) is 0 Å². The molecule has 0 aliphatic carbocycles. The summed E-state index contributed by atoms with van der Waals surface area (Å²) in [6.07, 6.45) is 10.3. The Kier molecular flexibility index (Phi) is 2.30. The van der Waals surface area contributed by atoms with Crippen molar-refractivity contribution >= 4 is 11.2 Å². The summed E-state index contributed by atoms with van der Waals surface area (Å²) in [6.45, 7) is 1.92. The summed E-state index contributed by atoms with van der Waals surface area (Å²) < 4.78 is 7.66. The van der Waals surface area contributed by atoms with Crippen molar-refractivity contribution in [3.8, 4) is 12.3 Å². The Hall–Kier alpha value is -1.93. The molecule has 5 nitrogen and oxygen atoms in total. The summed E-state index contributed by atoms with van der Waals surface area (Å²) in [7, 11) is 0. The van der Waals surface area contributed by atoms with Gasteiger partial charge in [0.15, 0.2) is 5.65 Å². The lowest BCUT2D eigenvalue weighted by Crippen LogP contribution is -2.09. The number of hydrogen-bond acceptors (Lipinski definition) is 4. The standard InChI is InChI=1S/C12H12N4O/c1-3-9-4-5-10(17-9)16-7-15-11-8(2)13-6-14-12(11)16/h1,6-7,9-10H,4-5H2,2H3. The summed E-state index contributed by atoms with van der Waals surface area (Å²) in [5, 5.41) is 0. The SMILES string of the molecule is C#CC1CCC(n2cnc3c(C)ncnc32)O1. The van der Waals surface area contributed by atoms with Crippen molar-refractivity contribution in [1.29, 1.82) is 0 Å². The third-order valence-corrected chi connectivity index (χ3v) is 3.04. The van der Waals surface area contributed by atoms with E-state index in [1.165, 1.54) is 0 Å². The minimum Gasteiger partial charge on any atom is -0.342 e. The van der Waals surface area contributed by atoms with E-state index >= 15 is 0 Å². The van der Waals surface area contributed by atoms with Gasteiger partial charge in [0.1, 0.15) is 24.2 Å². The minimum absolute atomic E-state index is 0.0599. The van der Waals surface area contributed by atoms with E-state index < -0.39 is 0 Å². The van der Waals surface area contributed by atoms with E-state index in [1.807, 2.05) is 11.5 Å². The topological polar surface area (TPSA) is 52.8 Å². The summed E-state index contributed by atoms with van der Waals surface area (Å²) in [4.78, 5) is 12.7. The molecule has 1 saturated heterocycles. The smallest absolute Gasteiger partial charge is 0.165 e. The Morgan fingerprint density at radius 1 is 1.41 bits per heavy atom. The Labute approximate surface area is 98.9 Å². The van der Waals surface area contributed by atoms with Gasteiger partial charge in [0.25, 0.3) is 0 Å². The fourth-order valence-electron chi connectivity index (χ4n) is 2.13. The molecule has 0 bridgehead atoms. The number of terminal acetylenes is 1. The molecule has 3 rings (SSSR count). The third kappa shape index (κ3) is 1.58. The summed E-state index contributed by atoms with van der Waals surface area (Å²) in [5.74, 6) is 2.63. The van der Waals surface area contributed by atoms with Crippen molar-refractivity contribution in [2.24, 2.45) is 0 Å². The Balaban J connectivity index is 2.02. The molecule has 0 N–H and O–H groups in total. The van der Waals surface area contributed by atoms with Crippen LogP contribution in [0.15, 0.2) is 12.7 Å². The highest BCUT2D eigenvalue weighted by atomic mass is 16.5. The molecular weight excluding hydrogens is 216 g/mol. The van der Waals surface area contributed by atoms with Crippen molar-refractivity contribution in [3.05, 3.63) is 18.3 Å². The van der Waals surface area contributed by atoms with Gasteiger partial charge in [0.05, 0.1) is 12.0 Å². The van der Waals surface area contributed by atoms with Crippen molar-refractivity contribution in [2.45, 2.75) is 32.1 Å². The van der Waals surface area contributed by atoms with Crippen LogP contribution in [0.1, 0.15) is 24.8 Å². The van der Waals surface area contributed by atoms with E-state index in [9.17, 15) is 0 Å². The van der Waals surface area contributed by atoms with Crippen LogP contribution in [0.25, 0.3) is 11.2 Å². The van der Waals surface area contributed by atoms with Gasteiger partial charge in [0.2, 0.25) is 0 Å². The molecule has 86 valence electrons. The lowest BCUT2D eigenvalue weighted by molar-refractivity contribution is 0.0300. The van der Waals surface area contributed by atoms with Gasteiger partial charge >= 0.3 is 0 Å². The Morgan fingerprint density at radius 3 is 3.06 bits per heavy atom. The van der Waals surface area contributed by atoms with Gasteiger partial charge in [-0.3, -0.25) is 4.57 Å². The van der Waals surface area contributed by atoms with Crippen LogP contribution >= 0.6 is 0 Å². The highest BCUT2D eigenvalue weighted by Gasteiger charge is 2.26. The van der Waals surface area contributed by atoms with E-state index in [1.54, 1.807) is 12.7 Å². The quantitative estimate of drug-likeness (QED) is 0.693. The first-order valence-electron chi connectivity index (χ1n) is 5.55. The molecule has 1 fully saturated rings. The predicted octanol–water partition coefficient (Wildman–Crippen LogP) is 1.45. The molecule has 2 aromatic heterocycles. The molecule has 5 heteroatoms. The maximum atomic E-state index is 5.73. The molecule has 0 radical (unpaired) electrons. The molecule has 2 aromatic rings. The second-order valence-corrected chi connectivity index (χ2v) is 4.11. The van der Waals surface area contributed by atoms with E-state index in [0.717, 1.165) is 29.7 Å². The second kappa shape index (κ2) is 3.82. The Bertz CT molecular complexity index is 598. The predicted molar refractivity (Wildman–Crippen MR) is 62.0 cm³/mol. The van der Waals surface area contributed by atoms with Crippen LogP contribution in [0, 0.1) is 19.3 Å². The first kappa shape index (κ1) is 10.2. The fraction of sp³-hybridized carbons (Fsp3) is 0.417. The van der Waals surface area contributed by atoms with Crippen LogP contribution in [0.3, 0.4) is 0 Å². The van der Waals surface area contributed by atoms with Gasteiger partial charge < -0.3 is 4.74 Å². The monoisotopic (exact) mass is 228 g/mol. The van der Waals surface area contributed by atoms with Crippen LogP contribution < -0.4 is 0 Å². The molecule has 2 atom stereocenters. The van der Waals surface area contributed by atoms with Crippen molar-refractivity contribution in [3.63, 3.8) is 0 Å². The van der Waals surface area contributed by atoms with E-state index in [4.69, 9.17) is 11.2 Å². The maximum absolute atomic E-state index is 5.73. The van der Waals surface area contributed by atoms with Gasteiger partial charge in [-0.15, -0.1) is 6.42 Å². The summed E-state index contributed by atoms with van der Waals surface area (Å²) in [6, 6.07) is 0. The van der Waals surface area contributed by atoms with E-state index in [2.05, 4.69) is 20.9 Å². The fourth-order valence-corrected chi connectivity index (χ4v) is 2.13. The first-order valence-corrected chi connectivity index (χ1v) is 5.55. The lowest BCUT2D eigenvalue weighted by Gasteiger charge is -2.12. The number of rotatable bonds is 1. The highest BCUT2D eigenvalue weighted by Crippen LogP contribution is 2.30.